The van der Waals surface area contributed by atoms with E-state index in [0.29, 0.717) is 16.7 Å². The summed E-state index contributed by atoms with van der Waals surface area (Å²) in [7, 11) is 1.77. The Hall–Kier alpha value is -1.53. The van der Waals surface area contributed by atoms with Crippen LogP contribution in [-0.4, -0.2) is 17.0 Å². The molecule has 4 N–H and O–H groups in total. The van der Waals surface area contributed by atoms with E-state index in [-0.39, 0.29) is 5.95 Å². The third-order valence-corrected chi connectivity index (χ3v) is 3.41. The van der Waals surface area contributed by atoms with Crippen LogP contribution in [0.15, 0.2) is 28.7 Å². The van der Waals surface area contributed by atoms with E-state index in [4.69, 9.17) is 17.3 Å². The lowest BCUT2D eigenvalue weighted by atomic mass is 10.3. The minimum Gasteiger partial charge on any atom is -0.373 e. The maximum absolute atomic E-state index is 5.93. The second-order valence-corrected chi connectivity index (χ2v) is 4.76. The van der Waals surface area contributed by atoms with Crippen LogP contribution in [0.5, 0.6) is 0 Å². The minimum atomic E-state index is 0.206. The number of nitrogen functional groups attached to an aromatic ring is 1. The van der Waals surface area contributed by atoms with Gasteiger partial charge in [-0.15, -0.1) is 0 Å². The molecule has 18 heavy (non-hydrogen) atoms. The minimum absolute atomic E-state index is 0.206. The second-order valence-electron chi connectivity index (χ2n) is 3.50. The van der Waals surface area contributed by atoms with Crippen LogP contribution >= 0.6 is 27.5 Å². The molecule has 0 aliphatic heterocycles. The lowest BCUT2D eigenvalue weighted by molar-refractivity contribution is 1.17. The van der Waals surface area contributed by atoms with E-state index in [2.05, 4.69) is 36.5 Å². The first-order valence-corrected chi connectivity index (χ1v) is 6.30. The highest BCUT2D eigenvalue weighted by molar-refractivity contribution is 9.10. The van der Waals surface area contributed by atoms with Gasteiger partial charge in [-0.25, -0.2) is 0 Å². The number of aromatic nitrogens is 2. The van der Waals surface area contributed by atoms with Crippen molar-refractivity contribution in [1.29, 1.82) is 0 Å². The Balaban J connectivity index is 2.27. The fourth-order valence-electron chi connectivity index (χ4n) is 1.38. The van der Waals surface area contributed by atoms with Gasteiger partial charge in [0.2, 0.25) is 5.95 Å². The SMILES string of the molecule is CNc1cc(Nc2ccc(Cl)c(Br)c2)nc(N)n1. The summed E-state index contributed by atoms with van der Waals surface area (Å²) in [5, 5.41) is 6.69. The molecule has 94 valence electrons. The van der Waals surface area contributed by atoms with Gasteiger partial charge in [0.05, 0.1) is 5.02 Å². The number of rotatable bonds is 3. The van der Waals surface area contributed by atoms with Crippen molar-refractivity contribution in [2.45, 2.75) is 0 Å². The first-order chi connectivity index (χ1) is 8.58. The molecule has 5 nitrogen and oxygen atoms in total. The summed E-state index contributed by atoms with van der Waals surface area (Å²) in [6, 6.07) is 7.26. The lowest BCUT2D eigenvalue weighted by Crippen LogP contribution is -2.03. The lowest BCUT2D eigenvalue weighted by Gasteiger charge is -2.08. The summed E-state index contributed by atoms with van der Waals surface area (Å²) in [6.07, 6.45) is 0. The highest BCUT2D eigenvalue weighted by Gasteiger charge is 2.03. The van der Waals surface area contributed by atoms with Crippen molar-refractivity contribution in [1.82, 2.24) is 9.97 Å². The number of nitrogens with one attached hydrogen (secondary N) is 2. The average Bonchev–Trinajstić information content (AvgIpc) is 2.33. The Bertz CT molecular complexity index is 575. The molecule has 0 saturated heterocycles. The molecule has 0 aliphatic rings. The van der Waals surface area contributed by atoms with Crippen LogP contribution in [0, 0.1) is 0 Å². The Labute approximate surface area is 118 Å². The maximum atomic E-state index is 5.93. The van der Waals surface area contributed by atoms with E-state index in [1.165, 1.54) is 0 Å². The number of anilines is 4. The highest BCUT2D eigenvalue weighted by atomic mass is 79.9. The van der Waals surface area contributed by atoms with Gasteiger partial charge in [0.15, 0.2) is 0 Å². The van der Waals surface area contributed by atoms with Crippen molar-refractivity contribution in [3.05, 3.63) is 33.8 Å². The zero-order valence-electron chi connectivity index (χ0n) is 9.54. The van der Waals surface area contributed by atoms with E-state index in [1.807, 2.05) is 12.1 Å². The summed E-state index contributed by atoms with van der Waals surface area (Å²) in [4.78, 5) is 8.11. The molecule has 1 aromatic carbocycles. The van der Waals surface area contributed by atoms with Crippen LogP contribution in [-0.2, 0) is 0 Å². The number of nitrogens with two attached hydrogens (primary N) is 1. The van der Waals surface area contributed by atoms with Gasteiger partial charge < -0.3 is 16.4 Å². The third-order valence-electron chi connectivity index (χ3n) is 2.19. The van der Waals surface area contributed by atoms with Gasteiger partial charge in [0.25, 0.3) is 0 Å². The largest absolute Gasteiger partial charge is 0.373 e. The molecule has 0 radical (unpaired) electrons. The van der Waals surface area contributed by atoms with E-state index in [1.54, 1.807) is 19.2 Å². The molecule has 1 aromatic heterocycles. The molecular weight excluding hydrogens is 318 g/mol. The van der Waals surface area contributed by atoms with E-state index >= 15 is 0 Å². The summed E-state index contributed by atoms with van der Waals surface area (Å²) >= 11 is 9.29. The van der Waals surface area contributed by atoms with E-state index in [9.17, 15) is 0 Å². The highest BCUT2D eigenvalue weighted by Crippen LogP contribution is 2.27. The van der Waals surface area contributed by atoms with Gasteiger partial charge in [-0.05, 0) is 34.1 Å². The fraction of sp³-hybridized carbons (Fsp3) is 0.0909. The summed E-state index contributed by atoms with van der Waals surface area (Å²) in [5.41, 5.74) is 6.46. The second kappa shape index (κ2) is 5.41. The third kappa shape index (κ3) is 3.02. The molecule has 0 aliphatic carbocycles. The number of hydrogen-bond donors (Lipinski definition) is 3. The molecule has 2 rings (SSSR count). The number of nitrogens with zero attached hydrogens (tertiary/aromatic N) is 2. The van der Waals surface area contributed by atoms with Crippen molar-refractivity contribution < 1.29 is 0 Å². The van der Waals surface area contributed by atoms with Crippen molar-refractivity contribution >= 4 is 50.8 Å². The van der Waals surface area contributed by atoms with E-state index in [0.717, 1.165) is 10.2 Å². The molecular formula is C11H11BrClN5. The first kappa shape index (κ1) is 12.9. The monoisotopic (exact) mass is 327 g/mol. The predicted molar refractivity (Wildman–Crippen MR) is 78.4 cm³/mol. The molecule has 0 unspecified atom stereocenters. The van der Waals surface area contributed by atoms with Crippen LogP contribution in [0.2, 0.25) is 5.02 Å². The van der Waals surface area contributed by atoms with Crippen LogP contribution in [0.3, 0.4) is 0 Å². The van der Waals surface area contributed by atoms with Crippen LogP contribution < -0.4 is 16.4 Å². The smallest absolute Gasteiger partial charge is 0.223 e. The molecule has 0 atom stereocenters. The molecule has 2 aromatic rings. The summed E-state index contributed by atoms with van der Waals surface area (Å²) in [5.74, 6) is 1.47. The fourth-order valence-corrected chi connectivity index (χ4v) is 1.88. The van der Waals surface area contributed by atoms with Crippen LogP contribution in [0.1, 0.15) is 0 Å². The van der Waals surface area contributed by atoms with Crippen molar-refractivity contribution in [3.8, 4) is 0 Å². The molecule has 0 spiro atoms. The van der Waals surface area contributed by atoms with Gasteiger partial charge in [-0.1, -0.05) is 11.6 Å². The topological polar surface area (TPSA) is 75.9 Å². The molecule has 0 amide bonds. The van der Waals surface area contributed by atoms with Crippen molar-refractivity contribution in [2.75, 3.05) is 23.4 Å². The molecule has 7 heteroatoms. The molecule has 1 heterocycles. The van der Waals surface area contributed by atoms with Gasteiger partial charge in [0.1, 0.15) is 11.6 Å². The first-order valence-electron chi connectivity index (χ1n) is 5.13. The average molecular weight is 329 g/mol. The maximum Gasteiger partial charge on any atom is 0.223 e. The van der Waals surface area contributed by atoms with Crippen LogP contribution in [0.4, 0.5) is 23.3 Å². The molecule has 0 bridgehead atoms. The number of hydrogen-bond acceptors (Lipinski definition) is 5. The number of benzene rings is 1. The van der Waals surface area contributed by atoms with Gasteiger partial charge in [0, 0.05) is 23.3 Å². The van der Waals surface area contributed by atoms with Crippen molar-refractivity contribution in [2.24, 2.45) is 0 Å². The quantitative estimate of drug-likeness (QED) is 0.806. The number of halogens is 2. The zero-order chi connectivity index (χ0) is 13.1. The zero-order valence-corrected chi connectivity index (χ0v) is 11.9. The van der Waals surface area contributed by atoms with Crippen LogP contribution in [0.25, 0.3) is 0 Å². The molecule has 0 saturated carbocycles. The van der Waals surface area contributed by atoms with Gasteiger partial charge in [-0.2, -0.15) is 9.97 Å². The van der Waals surface area contributed by atoms with Gasteiger partial charge >= 0.3 is 0 Å². The van der Waals surface area contributed by atoms with E-state index < -0.39 is 0 Å². The Kier molecular flexibility index (Phi) is 3.88. The summed E-state index contributed by atoms with van der Waals surface area (Å²) < 4.78 is 0.810. The van der Waals surface area contributed by atoms with Crippen molar-refractivity contribution in [3.63, 3.8) is 0 Å². The standard InChI is InChI=1S/C11H11BrClN5/c1-15-9-5-10(18-11(14)17-9)16-6-2-3-8(13)7(12)4-6/h2-5H,1H3,(H4,14,15,16,17,18). The Morgan fingerprint density at radius 3 is 2.61 bits per heavy atom. The molecule has 0 fully saturated rings. The predicted octanol–water partition coefficient (Wildman–Crippen LogP) is 3.26. The Morgan fingerprint density at radius 2 is 1.94 bits per heavy atom. The van der Waals surface area contributed by atoms with Gasteiger partial charge in [-0.3, -0.25) is 0 Å². The normalized spacial score (nSPS) is 10.2. The summed E-state index contributed by atoms with van der Waals surface area (Å²) in [6.45, 7) is 0. The Morgan fingerprint density at radius 1 is 1.22 bits per heavy atom.